The van der Waals surface area contributed by atoms with E-state index < -0.39 is 0 Å². The fourth-order valence-corrected chi connectivity index (χ4v) is 3.56. The number of hydrogen-bond acceptors (Lipinski definition) is 5. The molecule has 1 heterocycles. The van der Waals surface area contributed by atoms with Crippen molar-refractivity contribution in [3.8, 4) is 5.75 Å². The number of carbonyl (C=O) groups is 1. The van der Waals surface area contributed by atoms with Gasteiger partial charge in [-0.15, -0.1) is 11.3 Å². The Hall–Kier alpha value is -2.61. The molecule has 0 aliphatic heterocycles. The third-order valence-corrected chi connectivity index (χ3v) is 5.48. The second kappa shape index (κ2) is 11.0. The van der Waals surface area contributed by atoms with E-state index in [4.69, 9.17) is 9.73 Å². The summed E-state index contributed by atoms with van der Waals surface area (Å²) in [6.07, 6.45) is 3.00. The molecule has 3 rings (SSSR count). The lowest BCUT2D eigenvalue weighted by molar-refractivity contribution is -0.123. The van der Waals surface area contributed by atoms with Gasteiger partial charge >= 0.3 is 0 Å². The number of aromatic nitrogens is 1. The van der Waals surface area contributed by atoms with Crippen LogP contribution < -0.4 is 15.4 Å². The average Bonchev–Trinajstić information content (AvgIpc) is 3.45. The average molecular weight is 430 g/mol. The van der Waals surface area contributed by atoms with Gasteiger partial charge in [0.1, 0.15) is 5.75 Å². The van der Waals surface area contributed by atoms with Crippen molar-refractivity contribution in [2.75, 3.05) is 26.7 Å². The molecule has 0 bridgehead atoms. The summed E-state index contributed by atoms with van der Waals surface area (Å²) in [5.41, 5.74) is 2.24. The van der Waals surface area contributed by atoms with Gasteiger partial charge in [0.05, 0.1) is 17.2 Å². The van der Waals surface area contributed by atoms with Crippen LogP contribution in [0.5, 0.6) is 5.75 Å². The number of aryl methyl sites for hydroxylation is 1. The molecule has 1 saturated carbocycles. The Morgan fingerprint density at radius 3 is 2.73 bits per heavy atom. The van der Waals surface area contributed by atoms with Crippen molar-refractivity contribution in [3.63, 3.8) is 0 Å². The Morgan fingerprint density at radius 2 is 2.10 bits per heavy atom. The predicted octanol–water partition coefficient (Wildman–Crippen LogP) is 2.75. The van der Waals surface area contributed by atoms with Crippen LogP contribution in [-0.4, -0.2) is 54.5 Å². The van der Waals surface area contributed by atoms with E-state index in [1.165, 1.54) is 5.56 Å². The second-order valence-electron chi connectivity index (χ2n) is 7.47. The smallest absolute Gasteiger partial charge is 0.258 e. The Bertz CT molecular complexity index is 845. The number of rotatable bonds is 10. The summed E-state index contributed by atoms with van der Waals surface area (Å²) in [5, 5.41) is 9.43. The molecule has 1 amide bonds. The van der Waals surface area contributed by atoms with Gasteiger partial charge in [0.15, 0.2) is 12.6 Å². The molecule has 7 nitrogen and oxygen atoms in total. The quantitative estimate of drug-likeness (QED) is 0.449. The number of thiazole rings is 1. The summed E-state index contributed by atoms with van der Waals surface area (Å²) in [7, 11) is 2.03. The SMILES string of the molecule is CCNC(=NCCc1ccc(OCC(=O)NC2CC2)cc1)N(C)Cc1csc(C)n1. The van der Waals surface area contributed by atoms with Crippen molar-refractivity contribution in [2.45, 2.75) is 45.7 Å². The Kier molecular flexibility index (Phi) is 8.07. The third-order valence-electron chi connectivity index (χ3n) is 4.66. The van der Waals surface area contributed by atoms with Crippen LogP contribution in [0.25, 0.3) is 0 Å². The molecule has 1 aliphatic carbocycles. The van der Waals surface area contributed by atoms with Gasteiger partial charge in [-0.1, -0.05) is 12.1 Å². The normalized spacial score (nSPS) is 13.8. The van der Waals surface area contributed by atoms with Gasteiger partial charge < -0.3 is 20.3 Å². The lowest BCUT2D eigenvalue weighted by atomic mass is 10.1. The van der Waals surface area contributed by atoms with E-state index in [0.717, 1.165) is 49.0 Å². The van der Waals surface area contributed by atoms with E-state index in [1.54, 1.807) is 11.3 Å². The molecule has 0 unspecified atom stereocenters. The summed E-state index contributed by atoms with van der Waals surface area (Å²) < 4.78 is 5.55. The summed E-state index contributed by atoms with van der Waals surface area (Å²) in [5.74, 6) is 1.54. The first-order valence-electron chi connectivity index (χ1n) is 10.4. The van der Waals surface area contributed by atoms with Crippen LogP contribution in [0.1, 0.15) is 36.0 Å². The number of guanidine groups is 1. The van der Waals surface area contributed by atoms with Crippen LogP contribution in [0.3, 0.4) is 0 Å². The van der Waals surface area contributed by atoms with Crippen molar-refractivity contribution in [1.29, 1.82) is 0 Å². The van der Waals surface area contributed by atoms with E-state index in [1.807, 2.05) is 38.2 Å². The van der Waals surface area contributed by atoms with E-state index >= 15 is 0 Å². The van der Waals surface area contributed by atoms with Gasteiger partial charge in [0.2, 0.25) is 0 Å². The summed E-state index contributed by atoms with van der Waals surface area (Å²) in [4.78, 5) is 23.1. The number of ether oxygens (including phenoxy) is 1. The monoisotopic (exact) mass is 429 g/mol. The number of amides is 1. The first-order chi connectivity index (χ1) is 14.5. The zero-order valence-electron chi connectivity index (χ0n) is 18.0. The molecule has 8 heteroatoms. The molecule has 0 atom stereocenters. The molecule has 30 heavy (non-hydrogen) atoms. The summed E-state index contributed by atoms with van der Waals surface area (Å²) in [6.45, 7) is 6.40. The molecule has 1 aromatic carbocycles. The number of carbonyl (C=O) groups excluding carboxylic acids is 1. The molecule has 2 aromatic rings. The van der Waals surface area contributed by atoms with E-state index in [2.05, 4.69) is 32.8 Å². The number of aliphatic imine (C=N–C) groups is 1. The molecule has 1 aromatic heterocycles. The van der Waals surface area contributed by atoms with Crippen LogP contribution in [0.4, 0.5) is 0 Å². The minimum Gasteiger partial charge on any atom is -0.484 e. The van der Waals surface area contributed by atoms with Crippen LogP contribution >= 0.6 is 11.3 Å². The van der Waals surface area contributed by atoms with E-state index in [9.17, 15) is 4.79 Å². The molecular formula is C22H31N5O2S. The van der Waals surface area contributed by atoms with E-state index in [-0.39, 0.29) is 12.5 Å². The van der Waals surface area contributed by atoms with E-state index in [0.29, 0.717) is 18.3 Å². The van der Waals surface area contributed by atoms with Gasteiger partial charge in [-0.3, -0.25) is 9.79 Å². The first-order valence-corrected chi connectivity index (χ1v) is 11.3. The van der Waals surface area contributed by atoms with Crippen molar-refractivity contribution in [3.05, 3.63) is 45.9 Å². The highest BCUT2D eigenvalue weighted by Crippen LogP contribution is 2.18. The maximum Gasteiger partial charge on any atom is 0.258 e. The van der Waals surface area contributed by atoms with Crippen LogP contribution in [0, 0.1) is 6.92 Å². The van der Waals surface area contributed by atoms with Gasteiger partial charge in [-0.2, -0.15) is 0 Å². The van der Waals surface area contributed by atoms with Gasteiger partial charge in [0, 0.05) is 31.6 Å². The highest BCUT2D eigenvalue weighted by Gasteiger charge is 2.23. The molecule has 0 radical (unpaired) electrons. The van der Waals surface area contributed by atoms with Gasteiger partial charge in [-0.05, 0) is 50.8 Å². The summed E-state index contributed by atoms with van der Waals surface area (Å²) >= 11 is 1.67. The lowest BCUT2D eigenvalue weighted by Crippen LogP contribution is -2.38. The Balaban J connectivity index is 1.45. The highest BCUT2D eigenvalue weighted by atomic mass is 32.1. The zero-order chi connectivity index (χ0) is 21.3. The second-order valence-corrected chi connectivity index (χ2v) is 8.54. The topological polar surface area (TPSA) is 78.9 Å². The standard InChI is InChI=1S/C22H31N5O2S/c1-4-23-22(27(3)13-19-15-30-16(2)25-19)24-12-11-17-5-9-20(10-6-17)29-14-21(28)26-18-7-8-18/h5-6,9-10,15,18H,4,7-8,11-14H2,1-3H3,(H,23,24)(H,26,28). The zero-order valence-corrected chi connectivity index (χ0v) is 18.8. The highest BCUT2D eigenvalue weighted by molar-refractivity contribution is 7.09. The molecular weight excluding hydrogens is 398 g/mol. The molecule has 2 N–H and O–H groups in total. The Labute approximate surface area is 182 Å². The Morgan fingerprint density at radius 1 is 1.33 bits per heavy atom. The first kappa shape index (κ1) is 22.1. The van der Waals surface area contributed by atoms with Crippen molar-refractivity contribution >= 4 is 23.2 Å². The summed E-state index contributed by atoms with van der Waals surface area (Å²) in [6, 6.07) is 8.23. The number of nitrogens with zero attached hydrogens (tertiary/aromatic N) is 3. The molecule has 1 aliphatic rings. The maximum atomic E-state index is 11.7. The fraction of sp³-hybridized carbons (Fsp3) is 0.500. The minimum atomic E-state index is -0.0520. The van der Waals surface area contributed by atoms with Gasteiger partial charge in [-0.25, -0.2) is 4.98 Å². The maximum absolute atomic E-state index is 11.7. The molecule has 0 spiro atoms. The number of benzene rings is 1. The van der Waals surface area contributed by atoms with Crippen molar-refractivity contribution in [1.82, 2.24) is 20.5 Å². The largest absolute Gasteiger partial charge is 0.484 e. The van der Waals surface area contributed by atoms with Crippen LogP contribution in [0.15, 0.2) is 34.6 Å². The van der Waals surface area contributed by atoms with Crippen LogP contribution in [-0.2, 0) is 17.8 Å². The molecule has 0 saturated heterocycles. The molecule has 1 fully saturated rings. The molecule has 162 valence electrons. The van der Waals surface area contributed by atoms with Crippen LogP contribution in [0.2, 0.25) is 0 Å². The minimum absolute atomic E-state index is 0.0520. The van der Waals surface area contributed by atoms with Crippen molar-refractivity contribution < 1.29 is 9.53 Å². The number of hydrogen-bond donors (Lipinski definition) is 2. The predicted molar refractivity (Wildman–Crippen MR) is 121 cm³/mol. The fourth-order valence-electron chi connectivity index (χ4n) is 2.96. The van der Waals surface area contributed by atoms with Gasteiger partial charge in [0.25, 0.3) is 5.91 Å². The lowest BCUT2D eigenvalue weighted by Gasteiger charge is -2.21. The van der Waals surface area contributed by atoms with Crippen molar-refractivity contribution in [2.24, 2.45) is 4.99 Å². The number of nitrogens with one attached hydrogen (secondary N) is 2. The third kappa shape index (κ3) is 7.33.